The summed E-state index contributed by atoms with van der Waals surface area (Å²) < 4.78 is 14.5. The van der Waals surface area contributed by atoms with E-state index in [4.69, 9.17) is 0 Å². The van der Waals surface area contributed by atoms with Gasteiger partial charge < -0.3 is 31.3 Å². The second-order valence-electron chi connectivity index (χ2n) is 8.94. The summed E-state index contributed by atoms with van der Waals surface area (Å²) in [6.45, 7) is 3.19. The van der Waals surface area contributed by atoms with Crippen molar-refractivity contribution in [1.29, 1.82) is 0 Å². The minimum Gasteiger partial charge on any atom is -0.508 e. The number of aliphatic hydroxyl groups excluding tert-OH is 2. The molecule has 2 aliphatic rings. The Morgan fingerprint density at radius 1 is 1.11 bits per heavy atom. The zero-order valence-corrected chi connectivity index (χ0v) is 19.0. The number of anilines is 5. The average molecular weight is 480 g/mol. The third-order valence-electron chi connectivity index (χ3n) is 6.35. The highest BCUT2D eigenvalue weighted by Crippen LogP contribution is 2.36. The first kappa shape index (κ1) is 23.0. The highest BCUT2D eigenvalue weighted by molar-refractivity contribution is 6.15. The number of piperidine rings is 1. The van der Waals surface area contributed by atoms with E-state index in [-0.39, 0.29) is 17.0 Å². The molecule has 2 aliphatic heterocycles. The first-order valence-corrected chi connectivity index (χ1v) is 11.3. The Hall–Kier alpha value is -3.73. The standard InChI is InChI=1S/C25H26FN5O4/c1-13-8-15(26)18(10-21(13)33)28-17-4-6-27-24-23(17)25(35)30-19-9-14(2-3-16(19)29-24)11-31-7-5-20(32)22(34)12-31/h2-4,6,8-10,20,22,32-34H,5,7,11-12H2,1H3,(H,30,35)(H2,27,28,29)/t20-,22+/m1/s1. The molecule has 182 valence electrons. The molecule has 10 heteroatoms. The maximum Gasteiger partial charge on any atom is 0.261 e. The van der Waals surface area contributed by atoms with Crippen LogP contribution in [0.15, 0.2) is 42.6 Å². The van der Waals surface area contributed by atoms with Gasteiger partial charge in [0.1, 0.15) is 22.9 Å². The van der Waals surface area contributed by atoms with Crippen molar-refractivity contribution in [3.8, 4) is 5.75 Å². The van der Waals surface area contributed by atoms with E-state index in [2.05, 4.69) is 25.8 Å². The quantitative estimate of drug-likeness (QED) is 0.337. The van der Waals surface area contributed by atoms with Gasteiger partial charge in [-0.25, -0.2) is 9.37 Å². The minimum atomic E-state index is -0.780. The number of aliphatic hydroxyl groups is 2. The molecular weight excluding hydrogens is 453 g/mol. The highest BCUT2D eigenvalue weighted by atomic mass is 19.1. The van der Waals surface area contributed by atoms with Crippen LogP contribution < -0.4 is 16.0 Å². The number of amides is 1. The van der Waals surface area contributed by atoms with E-state index in [0.717, 1.165) is 5.56 Å². The van der Waals surface area contributed by atoms with Gasteiger partial charge in [-0.3, -0.25) is 9.69 Å². The van der Waals surface area contributed by atoms with Crippen LogP contribution in [0.2, 0.25) is 0 Å². The normalized spacial score (nSPS) is 19.7. The monoisotopic (exact) mass is 479 g/mol. The summed E-state index contributed by atoms with van der Waals surface area (Å²) in [7, 11) is 0. The molecule has 1 amide bonds. The van der Waals surface area contributed by atoms with Crippen LogP contribution in [-0.4, -0.2) is 56.4 Å². The van der Waals surface area contributed by atoms with Gasteiger partial charge in [0.05, 0.1) is 35.0 Å². The summed E-state index contributed by atoms with van der Waals surface area (Å²) in [5.74, 6) is -0.737. The second-order valence-corrected chi connectivity index (χ2v) is 8.94. The zero-order chi connectivity index (χ0) is 24.7. The number of aryl methyl sites for hydroxylation is 1. The smallest absolute Gasteiger partial charge is 0.261 e. The van der Waals surface area contributed by atoms with Crippen molar-refractivity contribution < 1.29 is 24.5 Å². The number of likely N-dealkylation sites (tertiary alicyclic amines) is 1. The molecule has 9 nitrogen and oxygen atoms in total. The molecule has 1 saturated heterocycles. The number of rotatable bonds is 4. The fourth-order valence-electron chi connectivity index (χ4n) is 4.39. The van der Waals surface area contributed by atoms with E-state index in [9.17, 15) is 24.5 Å². The molecule has 0 unspecified atom stereocenters. The molecule has 3 heterocycles. The van der Waals surface area contributed by atoms with Gasteiger partial charge in [-0.05, 0) is 48.7 Å². The zero-order valence-electron chi connectivity index (χ0n) is 19.0. The number of pyridine rings is 1. The molecule has 2 aromatic carbocycles. The number of aromatic hydroxyl groups is 1. The van der Waals surface area contributed by atoms with E-state index < -0.39 is 23.9 Å². The number of hydrogen-bond acceptors (Lipinski definition) is 8. The van der Waals surface area contributed by atoms with Crippen LogP contribution in [0.3, 0.4) is 0 Å². The lowest BCUT2D eigenvalue weighted by molar-refractivity contribution is -0.0403. The summed E-state index contributed by atoms with van der Waals surface area (Å²) in [4.78, 5) is 19.6. The largest absolute Gasteiger partial charge is 0.508 e. The van der Waals surface area contributed by atoms with Crippen molar-refractivity contribution in [2.45, 2.75) is 32.1 Å². The van der Waals surface area contributed by atoms with Crippen LogP contribution in [0.25, 0.3) is 0 Å². The summed E-state index contributed by atoms with van der Waals surface area (Å²) >= 11 is 0. The number of phenolic OH excluding ortho intramolecular Hbond substituents is 1. The Bertz CT molecular complexity index is 1300. The maximum absolute atomic E-state index is 14.5. The van der Waals surface area contributed by atoms with E-state index in [0.29, 0.717) is 54.5 Å². The third kappa shape index (κ3) is 4.63. The molecule has 1 fully saturated rings. The van der Waals surface area contributed by atoms with Gasteiger partial charge in [0.2, 0.25) is 0 Å². The van der Waals surface area contributed by atoms with Crippen molar-refractivity contribution in [2.75, 3.05) is 29.0 Å². The van der Waals surface area contributed by atoms with E-state index in [1.165, 1.54) is 18.3 Å². The predicted octanol–water partition coefficient (Wildman–Crippen LogP) is 3.22. The fraction of sp³-hybridized carbons (Fsp3) is 0.280. The number of hydrogen-bond donors (Lipinski definition) is 6. The maximum atomic E-state index is 14.5. The Morgan fingerprint density at radius 3 is 2.74 bits per heavy atom. The van der Waals surface area contributed by atoms with Crippen LogP contribution in [0.5, 0.6) is 5.75 Å². The summed E-state index contributed by atoms with van der Waals surface area (Å²) in [6, 6.07) is 9.68. The molecule has 2 atom stereocenters. The number of carbonyl (C=O) groups is 1. The Kier molecular flexibility index (Phi) is 6.01. The Labute approximate surface area is 201 Å². The number of nitrogens with one attached hydrogen (secondary N) is 3. The average Bonchev–Trinajstić information content (AvgIpc) is 2.95. The molecule has 0 aliphatic carbocycles. The van der Waals surface area contributed by atoms with Gasteiger partial charge in [-0.15, -0.1) is 0 Å². The van der Waals surface area contributed by atoms with Gasteiger partial charge >= 0.3 is 0 Å². The predicted molar refractivity (Wildman–Crippen MR) is 130 cm³/mol. The van der Waals surface area contributed by atoms with Crippen LogP contribution in [-0.2, 0) is 6.54 Å². The molecule has 0 radical (unpaired) electrons. The lowest BCUT2D eigenvalue weighted by Gasteiger charge is -2.33. The SMILES string of the molecule is Cc1cc(F)c(Nc2ccnc3c2C(=O)Nc2cc(CN4CC[C@@H](O)[C@@H](O)C4)ccc2N3)cc1O. The topological polar surface area (TPSA) is 130 Å². The first-order chi connectivity index (χ1) is 16.8. The van der Waals surface area contributed by atoms with Gasteiger partial charge in [-0.2, -0.15) is 0 Å². The number of benzene rings is 2. The highest BCUT2D eigenvalue weighted by Gasteiger charge is 2.27. The summed E-state index contributed by atoms with van der Waals surface area (Å²) in [5.41, 5.74) is 3.12. The minimum absolute atomic E-state index is 0.0344. The molecule has 3 aromatic rings. The molecule has 35 heavy (non-hydrogen) atoms. The Balaban J connectivity index is 1.40. The van der Waals surface area contributed by atoms with Crippen molar-refractivity contribution >= 4 is 34.5 Å². The molecule has 0 bridgehead atoms. The first-order valence-electron chi connectivity index (χ1n) is 11.3. The number of halogens is 1. The van der Waals surface area contributed by atoms with Crippen LogP contribution in [0.4, 0.5) is 33.0 Å². The molecule has 0 saturated carbocycles. The Morgan fingerprint density at radius 2 is 1.94 bits per heavy atom. The third-order valence-corrected chi connectivity index (χ3v) is 6.35. The molecule has 6 N–H and O–H groups in total. The molecule has 1 aromatic heterocycles. The number of fused-ring (bicyclic) bond motifs is 2. The number of phenols is 1. The number of nitrogens with zero attached hydrogens (tertiary/aromatic N) is 2. The van der Waals surface area contributed by atoms with Crippen molar-refractivity contribution in [3.63, 3.8) is 0 Å². The van der Waals surface area contributed by atoms with Crippen molar-refractivity contribution in [2.24, 2.45) is 0 Å². The summed E-state index contributed by atoms with van der Waals surface area (Å²) in [5, 5.41) is 38.7. The van der Waals surface area contributed by atoms with E-state index in [1.54, 1.807) is 13.0 Å². The van der Waals surface area contributed by atoms with E-state index in [1.807, 2.05) is 18.2 Å². The fourth-order valence-corrected chi connectivity index (χ4v) is 4.39. The van der Waals surface area contributed by atoms with E-state index >= 15 is 0 Å². The number of β-amino-alcohol motifs (C(OH)–C–C–N with tert-alkyl or cyclic N) is 1. The lowest BCUT2D eigenvalue weighted by atomic mass is 10.0. The van der Waals surface area contributed by atoms with Crippen molar-refractivity contribution in [1.82, 2.24) is 9.88 Å². The number of carbonyl (C=O) groups excluding carboxylic acids is 1. The lowest BCUT2D eigenvalue weighted by Crippen LogP contribution is -2.46. The van der Waals surface area contributed by atoms with Crippen LogP contribution >= 0.6 is 0 Å². The van der Waals surface area contributed by atoms with Gasteiger partial charge in [-0.1, -0.05) is 6.07 Å². The molecule has 0 spiro atoms. The molecular formula is C25H26FN5O4. The number of aromatic nitrogens is 1. The molecule has 5 rings (SSSR count). The van der Waals surface area contributed by atoms with Gasteiger partial charge in [0.25, 0.3) is 5.91 Å². The van der Waals surface area contributed by atoms with Gasteiger partial charge in [0, 0.05) is 31.9 Å². The van der Waals surface area contributed by atoms with Crippen LogP contribution in [0.1, 0.15) is 27.9 Å². The van der Waals surface area contributed by atoms with Crippen molar-refractivity contribution in [3.05, 3.63) is 65.1 Å². The summed E-state index contributed by atoms with van der Waals surface area (Å²) in [6.07, 6.45) is 0.522. The van der Waals surface area contributed by atoms with Crippen LogP contribution in [0, 0.1) is 12.7 Å². The van der Waals surface area contributed by atoms with Gasteiger partial charge in [0.15, 0.2) is 0 Å². The second kappa shape index (κ2) is 9.14.